The van der Waals surface area contributed by atoms with Crippen molar-refractivity contribution < 1.29 is 4.74 Å². The number of aromatic nitrogens is 2. The van der Waals surface area contributed by atoms with Crippen molar-refractivity contribution in [3.63, 3.8) is 0 Å². The molecule has 0 aliphatic carbocycles. The van der Waals surface area contributed by atoms with Crippen molar-refractivity contribution in [1.29, 1.82) is 5.26 Å². The minimum Gasteiger partial charge on any atom is -0.379 e. The van der Waals surface area contributed by atoms with E-state index < -0.39 is 0 Å². The summed E-state index contributed by atoms with van der Waals surface area (Å²) in [6.45, 7) is 8.18. The van der Waals surface area contributed by atoms with Gasteiger partial charge in [-0.15, -0.1) is 5.10 Å². The highest BCUT2D eigenvalue weighted by atomic mass is 32.2. The zero-order valence-electron chi connectivity index (χ0n) is 13.8. The molecule has 1 atom stereocenters. The Bertz CT molecular complexity index is 603. The van der Waals surface area contributed by atoms with Gasteiger partial charge in [0.25, 0.3) is 0 Å². The smallest absolute Gasteiger partial charge is 0.166 e. The quantitative estimate of drug-likeness (QED) is 0.897. The van der Waals surface area contributed by atoms with Gasteiger partial charge >= 0.3 is 0 Å². The first-order chi connectivity index (χ1) is 11.2. The van der Waals surface area contributed by atoms with Crippen molar-refractivity contribution in [2.75, 3.05) is 49.7 Å². The van der Waals surface area contributed by atoms with Crippen molar-refractivity contribution in [2.24, 2.45) is 0 Å². The molecule has 23 heavy (non-hydrogen) atoms. The van der Waals surface area contributed by atoms with Crippen molar-refractivity contribution in [3.05, 3.63) is 16.8 Å². The maximum absolute atomic E-state index is 9.44. The molecule has 1 aromatic rings. The number of ether oxygens (including phenoxy) is 1. The average molecular weight is 333 g/mol. The van der Waals surface area contributed by atoms with Crippen LogP contribution in [0, 0.1) is 25.2 Å². The molecule has 1 unspecified atom stereocenters. The predicted molar refractivity (Wildman–Crippen MR) is 91.8 cm³/mol. The first-order valence-electron chi connectivity index (χ1n) is 8.05. The van der Waals surface area contributed by atoms with Crippen molar-refractivity contribution in [3.8, 4) is 6.07 Å². The molecule has 0 bridgehead atoms. The van der Waals surface area contributed by atoms with E-state index in [9.17, 15) is 5.26 Å². The van der Waals surface area contributed by atoms with Gasteiger partial charge in [0.1, 0.15) is 11.6 Å². The third-order valence-electron chi connectivity index (χ3n) is 4.92. The van der Waals surface area contributed by atoms with Crippen LogP contribution in [0.25, 0.3) is 0 Å². The van der Waals surface area contributed by atoms with Gasteiger partial charge in [0.15, 0.2) is 5.82 Å². The maximum Gasteiger partial charge on any atom is 0.166 e. The topological polar surface area (TPSA) is 74.1 Å². The minimum absolute atomic E-state index is 0.127. The van der Waals surface area contributed by atoms with Crippen molar-refractivity contribution in [2.45, 2.75) is 25.8 Å². The summed E-state index contributed by atoms with van der Waals surface area (Å²) >= 11 is 2.00. The Hall–Kier alpha value is -1.36. The summed E-state index contributed by atoms with van der Waals surface area (Å²) in [5, 5.41) is 21.2. The largest absolute Gasteiger partial charge is 0.379 e. The molecule has 2 aliphatic heterocycles. The molecule has 0 saturated carbocycles. The molecule has 0 aromatic carbocycles. The van der Waals surface area contributed by atoms with E-state index in [0.717, 1.165) is 56.3 Å². The van der Waals surface area contributed by atoms with Gasteiger partial charge in [0.2, 0.25) is 0 Å². The lowest BCUT2D eigenvalue weighted by molar-refractivity contribution is -0.00923. The predicted octanol–water partition coefficient (Wildman–Crippen LogP) is 1.58. The molecule has 0 spiro atoms. The van der Waals surface area contributed by atoms with Crippen LogP contribution in [0.2, 0.25) is 0 Å². The second-order valence-electron chi connectivity index (χ2n) is 6.23. The number of morpholine rings is 1. The lowest BCUT2D eigenvalue weighted by atomic mass is 9.95. The van der Waals surface area contributed by atoms with E-state index in [1.54, 1.807) is 0 Å². The summed E-state index contributed by atoms with van der Waals surface area (Å²) < 4.78 is 5.50. The Balaban J connectivity index is 1.78. The highest BCUT2D eigenvalue weighted by Crippen LogP contribution is 2.34. The molecule has 0 amide bonds. The van der Waals surface area contributed by atoms with E-state index in [0.29, 0.717) is 11.4 Å². The molecule has 2 saturated heterocycles. The molecule has 124 valence electrons. The molecule has 6 nitrogen and oxygen atoms in total. The molecule has 2 aliphatic rings. The Kier molecular flexibility index (Phi) is 5.05. The van der Waals surface area contributed by atoms with Gasteiger partial charge < -0.3 is 10.1 Å². The number of nitriles is 1. The minimum atomic E-state index is 0.127. The Morgan fingerprint density at radius 2 is 2.13 bits per heavy atom. The second kappa shape index (κ2) is 7.04. The van der Waals surface area contributed by atoms with Crippen LogP contribution in [0.3, 0.4) is 0 Å². The molecule has 7 heteroatoms. The maximum atomic E-state index is 9.44. The van der Waals surface area contributed by atoms with Crippen LogP contribution in [-0.2, 0) is 4.74 Å². The zero-order valence-corrected chi connectivity index (χ0v) is 14.6. The Morgan fingerprint density at radius 3 is 2.78 bits per heavy atom. The Morgan fingerprint density at radius 1 is 1.35 bits per heavy atom. The number of thioether (sulfide) groups is 1. The van der Waals surface area contributed by atoms with Crippen LogP contribution in [0.5, 0.6) is 0 Å². The number of nitrogens with one attached hydrogen (secondary N) is 1. The third-order valence-corrected chi connectivity index (χ3v) is 6.15. The molecular formula is C16H23N5OS. The normalized spacial score (nSPS) is 25.3. The number of hydrogen-bond donors (Lipinski definition) is 1. The summed E-state index contributed by atoms with van der Waals surface area (Å²) in [5.41, 5.74) is 2.46. The summed E-state index contributed by atoms with van der Waals surface area (Å²) in [6.07, 6.45) is 1.16. The lowest BCUT2D eigenvalue weighted by Gasteiger charge is -2.43. The van der Waals surface area contributed by atoms with E-state index in [1.165, 1.54) is 5.75 Å². The number of hydrogen-bond acceptors (Lipinski definition) is 7. The van der Waals surface area contributed by atoms with Gasteiger partial charge in [0.05, 0.1) is 18.9 Å². The first kappa shape index (κ1) is 16.5. The van der Waals surface area contributed by atoms with Gasteiger partial charge in [-0.2, -0.15) is 22.1 Å². The standard InChI is InChI=1S/C16H23N5OS/c1-12-13(2)19-20-15(14(12)9-17)18-10-16(3-8-23-11-16)21-4-6-22-7-5-21/h3-8,10-11H2,1-2H3,(H,18,20). The summed E-state index contributed by atoms with van der Waals surface area (Å²) in [7, 11) is 0. The molecule has 1 aromatic heterocycles. The monoisotopic (exact) mass is 333 g/mol. The highest BCUT2D eigenvalue weighted by Gasteiger charge is 2.40. The van der Waals surface area contributed by atoms with E-state index in [1.807, 2.05) is 25.6 Å². The van der Waals surface area contributed by atoms with Gasteiger partial charge in [-0.05, 0) is 31.6 Å². The van der Waals surface area contributed by atoms with E-state index >= 15 is 0 Å². The number of rotatable bonds is 4. The summed E-state index contributed by atoms with van der Waals surface area (Å²) in [6, 6.07) is 2.27. The Labute approximate surface area is 141 Å². The van der Waals surface area contributed by atoms with E-state index in [2.05, 4.69) is 26.5 Å². The van der Waals surface area contributed by atoms with Gasteiger partial charge in [-0.1, -0.05) is 0 Å². The fourth-order valence-electron chi connectivity index (χ4n) is 3.25. The molecule has 2 fully saturated rings. The van der Waals surface area contributed by atoms with Gasteiger partial charge in [-0.3, -0.25) is 4.90 Å². The van der Waals surface area contributed by atoms with Gasteiger partial charge in [-0.25, -0.2) is 0 Å². The number of anilines is 1. The molecule has 1 N–H and O–H groups in total. The van der Waals surface area contributed by atoms with Crippen LogP contribution in [-0.4, -0.2) is 65.0 Å². The van der Waals surface area contributed by atoms with Crippen LogP contribution in [0.15, 0.2) is 0 Å². The van der Waals surface area contributed by atoms with Gasteiger partial charge in [0, 0.05) is 30.9 Å². The van der Waals surface area contributed by atoms with Crippen LogP contribution in [0.1, 0.15) is 23.2 Å². The number of aryl methyl sites for hydroxylation is 1. The fraction of sp³-hybridized carbons (Fsp3) is 0.688. The van der Waals surface area contributed by atoms with Crippen molar-refractivity contribution in [1.82, 2.24) is 15.1 Å². The molecule has 3 heterocycles. The molecule has 3 rings (SSSR count). The lowest BCUT2D eigenvalue weighted by Crippen LogP contribution is -2.57. The fourth-order valence-corrected chi connectivity index (χ4v) is 4.73. The summed E-state index contributed by atoms with van der Waals surface area (Å²) in [5.74, 6) is 2.91. The first-order valence-corrected chi connectivity index (χ1v) is 9.20. The third kappa shape index (κ3) is 3.30. The SMILES string of the molecule is Cc1nnc(NCC2(N3CCOCC3)CCSC2)c(C#N)c1C. The van der Waals surface area contributed by atoms with Crippen LogP contribution >= 0.6 is 11.8 Å². The number of nitrogens with zero attached hydrogens (tertiary/aromatic N) is 4. The van der Waals surface area contributed by atoms with Crippen LogP contribution < -0.4 is 5.32 Å². The van der Waals surface area contributed by atoms with Crippen molar-refractivity contribution >= 4 is 17.6 Å². The second-order valence-corrected chi connectivity index (χ2v) is 7.33. The molecular weight excluding hydrogens is 310 g/mol. The van der Waals surface area contributed by atoms with E-state index in [-0.39, 0.29) is 5.54 Å². The zero-order chi connectivity index (χ0) is 16.3. The summed E-state index contributed by atoms with van der Waals surface area (Å²) in [4.78, 5) is 2.55. The molecule has 0 radical (unpaired) electrons. The van der Waals surface area contributed by atoms with E-state index in [4.69, 9.17) is 4.74 Å². The highest BCUT2D eigenvalue weighted by molar-refractivity contribution is 7.99. The van der Waals surface area contributed by atoms with Crippen LogP contribution in [0.4, 0.5) is 5.82 Å². The average Bonchev–Trinajstić information content (AvgIpc) is 3.07.